The van der Waals surface area contributed by atoms with Crippen LogP contribution in [-0.2, 0) is 14.8 Å². The van der Waals surface area contributed by atoms with Gasteiger partial charge in [0.1, 0.15) is 5.75 Å². The van der Waals surface area contributed by atoms with Crippen molar-refractivity contribution in [3.63, 3.8) is 0 Å². The van der Waals surface area contributed by atoms with Crippen molar-refractivity contribution >= 4 is 43.4 Å². The van der Waals surface area contributed by atoms with Crippen LogP contribution in [0.3, 0.4) is 0 Å². The van der Waals surface area contributed by atoms with Gasteiger partial charge in [-0.2, -0.15) is 0 Å². The van der Waals surface area contributed by atoms with Crippen LogP contribution >= 0.6 is 15.9 Å². The number of nitrogens with one attached hydrogen (secondary N) is 2. The fraction of sp³-hybridized carbons (Fsp3) is 0.188. The lowest BCUT2D eigenvalue weighted by molar-refractivity contribution is 0.168. The van der Waals surface area contributed by atoms with Gasteiger partial charge in [0.2, 0.25) is 0 Å². The highest BCUT2D eigenvalue weighted by Gasteiger charge is 2.18. The molecule has 0 heterocycles. The number of benzene rings is 2. The summed E-state index contributed by atoms with van der Waals surface area (Å²) >= 11 is 3.29. The number of carbonyl (C=O) groups excluding carboxylic acids is 1. The van der Waals surface area contributed by atoms with Crippen molar-refractivity contribution < 1.29 is 22.7 Å². The van der Waals surface area contributed by atoms with Gasteiger partial charge in [-0.05, 0) is 49.4 Å². The summed E-state index contributed by atoms with van der Waals surface area (Å²) in [6.45, 7) is 1.86. The Morgan fingerprint density at radius 2 is 1.84 bits per heavy atom. The van der Waals surface area contributed by atoms with E-state index in [-0.39, 0.29) is 17.2 Å². The SMILES string of the molecule is CCOC(=O)Nc1cc(S(=O)(=O)Nc2ccc(Br)cc2)ccc1OC. The lowest BCUT2D eigenvalue weighted by Gasteiger charge is -2.13. The van der Waals surface area contributed by atoms with Crippen molar-refractivity contribution in [1.82, 2.24) is 0 Å². The van der Waals surface area contributed by atoms with Gasteiger partial charge in [-0.3, -0.25) is 10.0 Å². The summed E-state index contributed by atoms with van der Waals surface area (Å²) in [5, 5.41) is 2.46. The molecule has 0 bridgehead atoms. The molecule has 0 fully saturated rings. The number of hydrogen-bond acceptors (Lipinski definition) is 5. The van der Waals surface area contributed by atoms with Gasteiger partial charge in [-0.1, -0.05) is 15.9 Å². The number of hydrogen-bond donors (Lipinski definition) is 2. The highest BCUT2D eigenvalue weighted by Crippen LogP contribution is 2.28. The normalized spacial score (nSPS) is 10.8. The second kappa shape index (κ2) is 8.21. The number of halogens is 1. The monoisotopic (exact) mass is 428 g/mol. The highest BCUT2D eigenvalue weighted by molar-refractivity contribution is 9.10. The number of sulfonamides is 1. The van der Waals surface area contributed by atoms with Crippen LogP contribution < -0.4 is 14.8 Å². The van der Waals surface area contributed by atoms with Crippen molar-refractivity contribution in [3.05, 3.63) is 46.9 Å². The standard InChI is InChI=1S/C16H17BrN2O5S/c1-3-24-16(20)18-14-10-13(8-9-15(14)23-2)25(21,22)19-12-6-4-11(17)5-7-12/h4-10,19H,3H2,1-2H3,(H,18,20). The van der Waals surface area contributed by atoms with Crippen LogP contribution in [0.2, 0.25) is 0 Å². The van der Waals surface area contributed by atoms with Gasteiger partial charge in [-0.25, -0.2) is 13.2 Å². The summed E-state index contributed by atoms with van der Waals surface area (Å²) in [5.74, 6) is 0.315. The van der Waals surface area contributed by atoms with Crippen LogP contribution in [-0.4, -0.2) is 28.2 Å². The lowest BCUT2D eigenvalue weighted by Crippen LogP contribution is -2.16. The molecule has 2 aromatic carbocycles. The third kappa shape index (κ3) is 5.10. The van der Waals surface area contributed by atoms with Crippen LogP contribution in [0.4, 0.5) is 16.2 Å². The fourth-order valence-electron chi connectivity index (χ4n) is 1.96. The molecule has 2 N–H and O–H groups in total. The van der Waals surface area contributed by atoms with Crippen LogP contribution in [0.5, 0.6) is 5.75 Å². The number of methoxy groups -OCH3 is 1. The Labute approximate surface area is 154 Å². The van der Waals surface area contributed by atoms with E-state index >= 15 is 0 Å². The first-order chi connectivity index (χ1) is 11.9. The van der Waals surface area contributed by atoms with Gasteiger partial charge in [0.05, 0.1) is 24.3 Å². The maximum absolute atomic E-state index is 12.5. The second-order valence-corrected chi connectivity index (χ2v) is 7.42. The minimum Gasteiger partial charge on any atom is -0.495 e. The molecule has 134 valence electrons. The quantitative estimate of drug-likeness (QED) is 0.728. The molecule has 0 aliphatic carbocycles. The lowest BCUT2D eigenvalue weighted by atomic mass is 10.3. The van der Waals surface area contributed by atoms with Crippen molar-refractivity contribution in [1.29, 1.82) is 0 Å². The zero-order chi connectivity index (χ0) is 18.4. The molecular weight excluding hydrogens is 412 g/mol. The van der Waals surface area contributed by atoms with Gasteiger partial charge in [-0.15, -0.1) is 0 Å². The molecule has 9 heteroatoms. The van der Waals surface area contributed by atoms with E-state index in [1.165, 1.54) is 25.3 Å². The molecule has 7 nitrogen and oxygen atoms in total. The van der Waals surface area contributed by atoms with E-state index in [1.807, 2.05) is 0 Å². The molecule has 0 aliphatic rings. The summed E-state index contributed by atoms with van der Waals surface area (Å²) in [6.07, 6.45) is -0.698. The molecule has 0 atom stereocenters. The Balaban J connectivity index is 2.30. The molecule has 25 heavy (non-hydrogen) atoms. The summed E-state index contributed by atoms with van der Waals surface area (Å²) in [4.78, 5) is 11.6. The van der Waals surface area contributed by atoms with Crippen LogP contribution in [0.25, 0.3) is 0 Å². The van der Waals surface area contributed by atoms with Crippen LogP contribution in [0.15, 0.2) is 51.8 Å². The number of carbonyl (C=O) groups is 1. The number of ether oxygens (including phenoxy) is 2. The van der Waals surface area contributed by atoms with Gasteiger partial charge in [0, 0.05) is 10.2 Å². The van der Waals surface area contributed by atoms with Crippen molar-refractivity contribution in [3.8, 4) is 5.75 Å². The smallest absolute Gasteiger partial charge is 0.411 e. The Bertz CT molecular complexity index is 853. The molecule has 1 amide bonds. The van der Waals surface area contributed by atoms with E-state index in [4.69, 9.17) is 9.47 Å². The molecule has 2 rings (SSSR count). The minimum absolute atomic E-state index is 0.0250. The summed E-state index contributed by atoms with van der Waals surface area (Å²) in [7, 11) is -2.42. The Morgan fingerprint density at radius 1 is 1.16 bits per heavy atom. The zero-order valence-corrected chi connectivity index (χ0v) is 16.0. The molecule has 2 aromatic rings. The average Bonchev–Trinajstić information content (AvgIpc) is 2.57. The second-order valence-electron chi connectivity index (χ2n) is 4.82. The van der Waals surface area contributed by atoms with E-state index in [9.17, 15) is 13.2 Å². The summed E-state index contributed by atoms with van der Waals surface area (Å²) < 4.78 is 38.3. The molecule has 0 spiro atoms. The maximum atomic E-state index is 12.5. The molecule has 0 radical (unpaired) electrons. The topological polar surface area (TPSA) is 93.7 Å². The van der Waals surface area contributed by atoms with Crippen molar-refractivity contribution in [2.24, 2.45) is 0 Å². The van der Waals surface area contributed by atoms with E-state index in [0.717, 1.165) is 4.47 Å². The van der Waals surface area contributed by atoms with Gasteiger partial charge in [0.15, 0.2) is 0 Å². The van der Waals surface area contributed by atoms with Gasteiger partial charge < -0.3 is 9.47 Å². The van der Waals surface area contributed by atoms with Crippen molar-refractivity contribution in [2.45, 2.75) is 11.8 Å². The van der Waals surface area contributed by atoms with Crippen LogP contribution in [0.1, 0.15) is 6.92 Å². The Morgan fingerprint density at radius 3 is 2.44 bits per heavy atom. The Kier molecular flexibility index (Phi) is 6.27. The molecule has 0 saturated carbocycles. The highest BCUT2D eigenvalue weighted by atomic mass is 79.9. The third-order valence-electron chi connectivity index (χ3n) is 3.09. The number of anilines is 2. The van der Waals surface area contributed by atoms with E-state index in [1.54, 1.807) is 31.2 Å². The van der Waals surface area contributed by atoms with Crippen molar-refractivity contribution in [2.75, 3.05) is 23.8 Å². The predicted molar refractivity (Wildman–Crippen MR) is 98.6 cm³/mol. The van der Waals surface area contributed by atoms with Gasteiger partial charge in [0.25, 0.3) is 10.0 Å². The molecular formula is C16H17BrN2O5S. The number of amides is 1. The molecule has 0 saturated heterocycles. The largest absolute Gasteiger partial charge is 0.495 e. The number of rotatable bonds is 6. The fourth-order valence-corrected chi connectivity index (χ4v) is 3.31. The minimum atomic E-state index is -3.83. The maximum Gasteiger partial charge on any atom is 0.411 e. The molecule has 0 aromatic heterocycles. The first-order valence-corrected chi connectivity index (χ1v) is 9.53. The zero-order valence-electron chi connectivity index (χ0n) is 13.6. The third-order valence-corrected chi connectivity index (χ3v) is 5.00. The van der Waals surface area contributed by atoms with E-state index in [0.29, 0.717) is 11.4 Å². The summed E-state index contributed by atoms with van der Waals surface area (Å²) in [6, 6.07) is 10.8. The first kappa shape index (κ1) is 19.1. The molecule has 0 unspecified atom stereocenters. The molecule has 0 aliphatic heterocycles. The Hall–Kier alpha value is -2.26. The first-order valence-electron chi connectivity index (χ1n) is 7.26. The van der Waals surface area contributed by atoms with Crippen LogP contribution in [0, 0.1) is 0 Å². The van der Waals surface area contributed by atoms with Gasteiger partial charge >= 0.3 is 6.09 Å². The van der Waals surface area contributed by atoms with E-state index < -0.39 is 16.1 Å². The predicted octanol–water partition coefficient (Wildman–Crippen LogP) is 3.83. The average molecular weight is 429 g/mol. The van der Waals surface area contributed by atoms with E-state index in [2.05, 4.69) is 26.0 Å². The summed E-state index contributed by atoms with van der Waals surface area (Å²) in [5.41, 5.74) is 0.610.